The molecular weight excluding hydrogens is 309 g/mol. The number of carbonyl (C=O) groups excluding carboxylic acids is 2. The highest BCUT2D eigenvalue weighted by Gasteiger charge is 2.48. The lowest BCUT2D eigenvalue weighted by atomic mass is 10.2. The summed E-state index contributed by atoms with van der Waals surface area (Å²) in [5.41, 5.74) is -0.740. The zero-order valence-electron chi connectivity index (χ0n) is 12.9. The van der Waals surface area contributed by atoms with E-state index in [2.05, 4.69) is 10.6 Å². The second kappa shape index (κ2) is 6.60. The van der Waals surface area contributed by atoms with Crippen molar-refractivity contribution < 1.29 is 22.8 Å². The number of benzene rings is 1. The monoisotopic (exact) mass is 328 g/mol. The topological polar surface area (TPSA) is 58.2 Å². The van der Waals surface area contributed by atoms with Crippen molar-refractivity contribution in [1.29, 1.82) is 0 Å². The van der Waals surface area contributed by atoms with Crippen molar-refractivity contribution in [2.24, 2.45) is 17.8 Å². The summed E-state index contributed by atoms with van der Waals surface area (Å²) in [4.78, 5) is 23.8. The first-order valence-electron chi connectivity index (χ1n) is 7.44. The Labute approximate surface area is 132 Å². The predicted octanol–water partition coefficient (Wildman–Crippen LogP) is 3.05. The van der Waals surface area contributed by atoms with Gasteiger partial charge in [0.15, 0.2) is 0 Å². The van der Waals surface area contributed by atoms with Crippen LogP contribution in [-0.4, -0.2) is 18.4 Å². The molecule has 0 bridgehead atoms. The molecule has 0 heterocycles. The molecule has 7 heteroatoms. The number of nitrogens with one attached hydrogen (secondary N) is 2. The summed E-state index contributed by atoms with van der Waals surface area (Å²) in [7, 11) is 0. The van der Waals surface area contributed by atoms with Crippen molar-refractivity contribution in [3.8, 4) is 0 Å². The van der Waals surface area contributed by atoms with Crippen molar-refractivity contribution in [1.82, 2.24) is 5.32 Å². The van der Waals surface area contributed by atoms with E-state index in [1.165, 1.54) is 12.1 Å². The third-order valence-corrected chi connectivity index (χ3v) is 3.61. The van der Waals surface area contributed by atoms with Crippen molar-refractivity contribution in [3.63, 3.8) is 0 Å². The maximum Gasteiger partial charge on any atom is 0.416 e. The zero-order chi connectivity index (χ0) is 17.2. The van der Waals surface area contributed by atoms with Gasteiger partial charge in [0.25, 0.3) is 0 Å². The molecule has 1 aromatic rings. The standard InChI is InChI=1S/C16H19F3N2O2/c1-9(2)8-20-14(22)12-7-13(12)15(23)21-11-5-3-4-10(6-11)16(17,18)19/h3-6,9,12-13H,7-8H2,1-2H3,(H,20,22)(H,21,23). The molecule has 1 saturated carbocycles. The molecule has 0 radical (unpaired) electrons. The van der Waals surface area contributed by atoms with Crippen LogP contribution in [0, 0.1) is 17.8 Å². The molecule has 2 atom stereocenters. The number of hydrogen-bond donors (Lipinski definition) is 2. The Morgan fingerprint density at radius 1 is 1.22 bits per heavy atom. The van der Waals surface area contributed by atoms with Crippen LogP contribution in [0.1, 0.15) is 25.8 Å². The number of hydrogen-bond acceptors (Lipinski definition) is 2. The number of anilines is 1. The van der Waals surface area contributed by atoms with Crippen molar-refractivity contribution >= 4 is 17.5 Å². The first-order valence-corrected chi connectivity index (χ1v) is 7.44. The third-order valence-electron chi connectivity index (χ3n) is 3.61. The van der Waals surface area contributed by atoms with Crippen LogP contribution in [-0.2, 0) is 15.8 Å². The van der Waals surface area contributed by atoms with E-state index in [0.717, 1.165) is 12.1 Å². The second-order valence-corrected chi connectivity index (χ2v) is 6.16. The number of alkyl halides is 3. The molecule has 1 aliphatic carbocycles. The molecule has 4 nitrogen and oxygen atoms in total. The van der Waals surface area contributed by atoms with E-state index in [9.17, 15) is 22.8 Å². The summed E-state index contributed by atoms with van der Waals surface area (Å²) in [5.74, 6) is -1.15. The van der Waals surface area contributed by atoms with Crippen LogP contribution in [0.3, 0.4) is 0 Å². The average molecular weight is 328 g/mol. The Balaban J connectivity index is 1.90. The van der Waals surface area contributed by atoms with Crippen LogP contribution in [0.15, 0.2) is 24.3 Å². The molecule has 0 aliphatic heterocycles. The van der Waals surface area contributed by atoms with Gasteiger partial charge < -0.3 is 10.6 Å². The Bertz CT molecular complexity index is 599. The van der Waals surface area contributed by atoms with Gasteiger partial charge in [-0.1, -0.05) is 19.9 Å². The SMILES string of the molecule is CC(C)CNC(=O)C1CC1C(=O)Nc1cccc(C(F)(F)F)c1. The van der Waals surface area contributed by atoms with Crippen molar-refractivity contribution in [3.05, 3.63) is 29.8 Å². The maximum absolute atomic E-state index is 12.6. The molecule has 2 amide bonds. The van der Waals surface area contributed by atoms with Crippen LogP contribution >= 0.6 is 0 Å². The van der Waals surface area contributed by atoms with E-state index in [4.69, 9.17) is 0 Å². The summed E-state index contributed by atoms with van der Waals surface area (Å²) in [6, 6.07) is 4.45. The fraction of sp³-hybridized carbons (Fsp3) is 0.500. The quantitative estimate of drug-likeness (QED) is 0.873. The van der Waals surface area contributed by atoms with E-state index in [1.807, 2.05) is 13.8 Å². The molecule has 2 rings (SSSR count). The molecular formula is C16H19F3N2O2. The van der Waals surface area contributed by atoms with Gasteiger partial charge in [-0.25, -0.2) is 0 Å². The van der Waals surface area contributed by atoms with Gasteiger partial charge in [0.2, 0.25) is 11.8 Å². The molecule has 1 fully saturated rings. The van der Waals surface area contributed by atoms with Crippen LogP contribution in [0.2, 0.25) is 0 Å². The zero-order valence-corrected chi connectivity index (χ0v) is 12.9. The Kier molecular flexibility index (Phi) is 4.97. The first kappa shape index (κ1) is 17.3. The minimum Gasteiger partial charge on any atom is -0.356 e. The van der Waals surface area contributed by atoms with Gasteiger partial charge in [0, 0.05) is 12.2 Å². The summed E-state index contributed by atoms with van der Waals surface area (Å²) in [6.07, 6.45) is -4.03. The van der Waals surface area contributed by atoms with Gasteiger partial charge in [-0.15, -0.1) is 0 Å². The first-order chi connectivity index (χ1) is 10.7. The minimum absolute atomic E-state index is 0.0815. The van der Waals surface area contributed by atoms with Crippen LogP contribution in [0.4, 0.5) is 18.9 Å². The van der Waals surface area contributed by atoms with Crippen LogP contribution < -0.4 is 10.6 Å². The summed E-state index contributed by atoms with van der Waals surface area (Å²) >= 11 is 0. The highest BCUT2D eigenvalue weighted by atomic mass is 19.4. The van der Waals surface area contributed by atoms with Gasteiger partial charge in [-0.2, -0.15) is 13.2 Å². The van der Waals surface area contributed by atoms with Gasteiger partial charge >= 0.3 is 6.18 Å². The number of rotatable bonds is 5. The lowest BCUT2D eigenvalue weighted by Gasteiger charge is -2.10. The molecule has 0 saturated heterocycles. The van der Waals surface area contributed by atoms with Crippen molar-refractivity contribution in [2.45, 2.75) is 26.4 Å². The molecule has 2 N–H and O–H groups in total. The summed E-state index contributed by atoms with van der Waals surface area (Å²) in [5, 5.41) is 5.20. The Hall–Kier alpha value is -2.05. The second-order valence-electron chi connectivity index (χ2n) is 6.16. The van der Waals surface area contributed by atoms with E-state index in [1.54, 1.807) is 0 Å². The van der Waals surface area contributed by atoms with E-state index in [0.29, 0.717) is 18.9 Å². The number of halogens is 3. The molecule has 126 valence electrons. The van der Waals surface area contributed by atoms with Gasteiger partial charge in [0.1, 0.15) is 0 Å². The predicted molar refractivity (Wildman–Crippen MR) is 79.5 cm³/mol. The molecule has 1 aliphatic rings. The third kappa shape index (κ3) is 4.71. The largest absolute Gasteiger partial charge is 0.416 e. The number of carbonyl (C=O) groups is 2. The Morgan fingerprint density at radius 2 is 1.87 bits per heavy atom. The highest BCUT2D eigenvalue weighted by Crippen LogP contribution is 2.39. The van der Waals surface area contributed by atoms with Gasteiger partial charge in [-0.05, 0) is 30.5 Å². The fourth-order valence-electron chi connectivity index (χ4n) is 2.22. The summed E-state index contributed by atoms with van der Waals surface area (Å²) < 4.78 is 37.9. The van der Waals surface area contributed by atoms with E-state index in [-0.39, 0.29) is 17.5 Å². The number of amides is 2. The molecule has 0 spiro atoms. The van der Waals surface area contributed by atoms with Crippen LogP contribution in [0.25, 0.3) is 0 Å². The van der Waals surface area contributed by atoms with Gasteiger partial charge in [-0.3, -0.25) is 9.59 Å². The van der Waals surface area contributed by atoms with E-state index >= 15 is 0 Å². The fourth-order valence-corrected chi connectivity index (χ4v) is 2.22. The molecule has 2 unspecified atom stereocenters. The smallest absolute Gasteiger partial charge is 0.356 e. The lowest BCUT2D eigenvalue weighted by Crippen LogP contribution is -2.30. The van der Waals surface area contributed by atoms with Crippen LogP contribution in [0.5, 0.6) is 0 Å². The van der Waals surface area contributed by atoms with E-state index < -0.39 is 23.6 Å². The van der Waals surface area contributed by atoms with Crippen molar-refractivity contribution in [2.75, 3.05) is 11.9 Å². The lowest BCUT2D eigenvalue weighted by molar-refractivity contribution is -0.137. The Morgan fingerprint density at radius 3 is 2.48 bits per heavy atom. The molecule has 0 aromatic heterocycles. The maximum atomic E-state index is 12.6. The minimum atomic E-state index is -4.46. The normalized spacial score (nSPS) is 20.3. The molecule has 1 aromatic carbocycles. The van der Waals surface area contributed by atoms with Gasteiger partial charge in [0.05, 0.1) is 17.4 Å². The average Bonchev–Trinajstić information content (AvgIpc) is 3.24. The summed E-state index contributed by atoms with van der Waals surface area (Å²) in [6.45, 7) is 4.47. The molecule has 23 heavy (non-hydrogen) atoms. The highest BCUT2D eigenvalue weighted by molar-refractivity contribution is 5.99.